The Labute approximate surface area is 342 Å². The molecule has 7 rings (SSSR count). The highest BCUT2D eigenvalue weighted by atomic mass is 32.2. The lowest BCUT2D eigenvalue weighted by molar-refractivity contribution is -0.225. The Balaban J connectivity index is 1.12. The number of hydrogen-bond acceptors (Lipinski definition) is 6. The SMILES string of the molecule is C=C(C)[C@@H]1CC[C@]2(CNC(=O)[C@H](N)CCS(C)(=O)=O)CC[C@]3(C)[C@H](CC[C@@H]4[C@@]5(C)CC=C(c6ccc(C(O)C(=O)c7ccccc7)cc6)C(C)(C)[C@@H]5CC[C@]43C)[C@@H]12. The van der Waals surface area contributed by atoms with E-state index in [0.717, 1.165) is 32.1 Å². The number of ketones is 1. The van der Waals surface area contributed by atoms with Gasteiger partial charge in [-0.05, 0) is 144 Å². The molecule has 0 aliphatic heterocycles. The molecule has 0 aromatic heterocycles. The van der Waals surface area contributed by atoms with Gasteiger partial charge >= 0.3 is 0 Å². The number of allylic oxidation sites excluding steroid dienone is 3. The minimum Gasteiger partial charge on any atom is -0.380 e. The van der Waals surface area contributed by atoms with Gasteiger partial charge in [-0.25, -0.2) is 8.42 Å². The second-order valence-electron chi connectivity index (χ2n) is 20.6. The van der Waals surface area contributed by atoms with Crippen LogP contribution in [0.25, 0.3) is 5.57 Å². The van der Waals surface area contributed by atoms with Crippen molar-refractivity contribution >= 4 is 27.1 Å². The van der Waals surface area contributed by atoms with Gasteiger partial charge in [0.25, 0.3) is 0 Å². The van der Waals surface area contributed by atoms with Gasteiger partial charge < -0.3 is 16.2 Å². The van der Waals surface area contributed by atoms with Crippen LogP contribution in [0.1, 0.15) is 133 Å². The molecule has 7 nitrogen and oxygen atoms in total. The topological polar surface area (TPSA) is 127 Å². The molecule has 2 aromatic rings. The van der Waals surface area contributed by atoms with Gasteiger partial charge in [0.05, 0.1) is 11.8 Å². The van der Waals surface area contributed by atoms with Crippen molar-refractivity contribution < 1.29 is 23.1 Å². The fourth-order valence-corrected chi connectivity index (χ4v) is 15.0. The molecule has 1 amide bonds. The molecule has 1 unspecified atom stereocenters. The van der Waals surface area contributed by atoms with Gasteiger partial charge in [0, 0.05) is 18.4 Å². The van der Waals surface area contributed by atoms with Crippen LogP contribution >= 0.6 is 0 Å². The average Bonchev–Trinajstić information content (AvgIpc) is 3.56. The number of fused-ring (bicyclic) bond motifs is 7. The van der Waals surface area contributed by atoms with E-state index in [2.05, 4.69) is 71.6 Å². The Kier molecular flexibility index (Phi) is 11.0. The van der Waals surface area contributed by atoms with Crippen molar-refractivity contribution in [1.82, 2.24) is 5.32 Å². The van der Waals surface area contributed by atoms with E-state index < -0.39 is 22.0 Å². The molecule has 11 atom stereocenters. The molecular weight excluding hydrogens is 729 g/mol. The van der Waals surface area contributed by atoms with E-state index >= 15 is 0 Å². The van der Waals surface area contributed by atoms with E-state index in [1.165, 1.54) is 48.6 Å². The second kappa shape index (κ2) is 14.9. The summed E-state index contributed by atoms with van der Waals surface area (Å²) < 4.78 is 23.5. The summed E-state index contributed by atoms with van der Waals surface area (Å²) >= 11 is 0. The summed E-state index contributed by atoms with van der Waals surface area (Å²) in [6.07, 6.45) is 12.9. The molecular formula is C49H68N2O5S. The fraction of sp³-hybridized carbons (Fsp3) is 0.633. The molecule has 0 heterocycles. The number of sulfone groups is 1. The Morgan fingerprint density at radius 2 is 1.58 bits per heavy atom. The molecule has 5 aliphatic rings. The van der Waals surface area contributed by atoms with Crippen molar-refractivity contribution in [3.8, 4) is 0 Å². The van der Waals surface area contributed by atoms with Crippen LogP contribution in [-0.2, 0) is 14.6 Å². The predicted molar refractivity (Wildman–Crippen MR) is 230 cm³/mol. The molecule has 4 N–H and O–H groups in total. The van der Waals surface area contributed by atoms with Crippen LogP contribution in [0.2, 0.25) is 0 Å². The quantitative estimate of drug-likeness (QED) is 0.154. The van der Waals surface area contributed by atoms with Gasteiger partial charge in [0.1, 0.15) is 15.9 Å². The van der Waals surface area contributed by atoms with Crippen molar-refractivity contribution in [2.24, 2.45) is 62.4 Å². The van der Waals surface area contributed by atoms with E-state index in [1.54, 1.807) is 12.1 Å². The van der Waals surface area contributed by atoms with E-state index in [0.29, 0.717) is 47.3 Å². The first kappa shape index (κ1) is 42.1. The summed E-state index contributed by atoms with van der Waals surface area (Å²) in [6.45, 7) is 20.1. The molecule has 4 fully saturated rings. The van der Waals surface area contributed by atoms with Crippen LogP contribution in [0, 0.1) is 56.7 Å². The van der Waals surface area contributed by atoms with E-state index in [4.69, 9.17) is 5.73 Å². The number of nitrogens with two attached hydrogens (primary N) is 1. The first-order chi connectivity index (χ1) is 26.7. The Bertz CT molecular complexity index is 2020. The number of benzene rings is 2. The highest BCUT2D eigenvalue weighted by Crippen LogP contribution is 2.77. The Morgan fingerprint density at radius 3 is 2.23 bits per heavy atom. The predicted octanol–water partition coefficient (Wildman–Crippen LogP) is 9.13. The van der Waals surface area contributed by atoms with Crippen LogP contribution in [-0.4, -0.2) is 49.8 Å². The minimum absolute atomic E-state index is 0.00476. The lowest BCUT2D eigenvalue weighted by atomic mass is 9.32. The van der Waals surface area contributed by atoms with Crippen LogP contribution in [0.4, 0.5) is 0 Å². The zero-order valence-electron chi connectivity index (χ0n) is 35.6. The van der Waals surface area contributed by atoms with Gasteiger partial charge in [-0.2, -0.15) is 0 Å². The monoisotopic (exact) mass is 796 g/mol. The maximum atomic E-state index is 13.3. The number of hydrogen-bond donors (Lipinski definition) is 3. The number of rotatable bonds is 11. The zero-order valence-corrected chi connectivity index (χ0v) is 36.4. The summed E-state index contributed by atoms with van der Waals surface area (Å²) in [6, 6.07) is 16.2. The second-order valence-corrected chi connectivity index (χ2v) is 22.8. The molecule has 8 heteroatoms. The molecule has 0 saturated heterocycles. The molecule has 5 aliphatic carbocycles. The van der Waals surface area contributed by atoms with Crippen molar-refractivity contribution in [3.63, 3.8) is 0 Å². The summed E-state index contributed by atoms with van der Waals surface area (Å²) in [7, 11) is -3.19. The van der Waals surface area contributed by atoms with Crippen LogP contribution < -0.4 is 11.1 Å². The third-order valence-electron chi connectivity index (χ3n) is 17.4. The van der Waals surface area contributed by atoms with Crippen LogP contribution in [0.3, 0.4) is 0 Å². The molecule has 2 aromatic carbocycles. The smallest absolute Gasteiger partial charge is 0.236 e. The number of carbonyl (C=O) groups excluding carboxylic acids is 2. The van der Waals surface area contributed by atoms with Gasteiger partial charge in [-0.15, -0.1) is 0 Å². The molecule has 0 spiro atoms. The first-order valence-corrected chi connectivity index (χ1v) is 23.7. The summed E-state index contributed by atoms with van der Waals surface area (Å²) in [5.74, 6) is 1.92. The van der Waals surface area contributed by atoms with Gasteiger partial charge in [0.15, 0.2) is 5.78 Å². The largest absolute Gasteiger partial charge is 0.380 e. The number of amides is 1. The minimum atomic E-state index is -3.19. The molecule has 0 bridgehead atoms. The van der Waals surface area contributed by atoms with Crippen molar-refractivity contribution in [2.75, 3.05) is 18.6 Å². The number of nitrogens with one attached hydrogen (secondary N) is 1. The van der Waals surface area contributed by atoms with Crippen LogP contribution in [0.15, 0.2) is 72.8 Å². The lowest BCUT2D eigenvalue weighted by Gasteiger charge is -2.72. The fourth-order valence-electron chi connectivity index (χ4n) is 14.3. The van der Waals surface area contributed by atoms with Crippen molar-refractivity contribution in [3.05, 3.63) is 89.5 Å². The first-order valence-electron chi connectivity index (χ1n) is 21.6. The maximum Gasteiger partial charge on any atom is 0.236 e. The zero-order chi connectivity index (χ0) is 41.3. The van der Waals surface area contributed by atoms with E-state index in [1.807, 2.05) is 30.3 Å². The van der Waals surface area contributed by atoms with Crippen molar-refractivity contribution in [2.45, 2.75) is 118 Å². The molecule has 57 heavy (non-hydrogen) atoms. The van der Waals surface area contributed by atoms with Crippen LogP contribution in [0.5, 0.6) is 0 Å². The molecule has 310 valence electrons. The third kappa shape index (κ3) is 7.01. The number of aliphatic hydroxyl groups is 1. The summed E-state index contributed by atoms with van der Waals surface area (Å²) in [5.41, 5.74) is 11.6. The molecule has 4 saturated carbocycles. The highest BCUT2D eigenvalue weighted by molar-refractivity contribution is 7.90. The normalized spacial score (nSPS) is 36.6. The van der Waals surface area contributed by atoms with E-state index in [-0.39, 0.29) is 50.9 Å². The highest BCUT2D eigenvalue weighted by Gasteiger charge is 2.70. The van der Waals surface area contributed by atoms with Crippen molar-refractivity contribution in [1.29, 1.82) is 0 Å². The van der Waals surface area contributed by atoms with Gasteiger partial charge in [0.2, 0.25) is 5.91 Å². The number of carbonyl (C=O) groups is 2. The van der Waals surface area contributed by atoms with Gasteiger partial charge in [-0.3, -0.25) is 9.59 Å². The third-order valence-corrected chi connectivity index (χ3v) is 18.4. The summed E-state index contributed by atoms with van der Waals surface area (Å²) in [5, 5.41) is 14.2. The number of Topliss-reactive ketones (excluding diaryl/α,β-unsaturated/α-hetero) is 1. The number of aliphatic hydroxyl groups excluding tert-OH is 1. The summed E-state index contributed by atoms with van der Waals surface area (Å²) in [4.78, 5) is 26.3. The van der Waals surface area contributed by atoms with Gasteiger partial charge in [-0.1, -0.05) is 107 Å². The molecule has 0 radical (unpaired) electrons. The average molecular weight is 797 g/mol. The maximum absolute atomic E-state index is 13.3. The standard InChI is InChI=1S/C49H68N2O5S/c1-31(2)35-20-26-49(30-51-44(54)38(50)23-29-57(8,55)56)28-27-47(6)37(41(35)49)18-19-40-46(5)24-21-36(45(3,4)39(46)22-25-48(40,47)7)32-14-16-34(17-15-32)43(53)42(52)33-12-10-9-11-13-33/h9-17,21,35,37-41,43,53H,1,18-20,22-30,50H2,2-8H3,(H,51,54)/t35-,37+,38+,39-,40+,41+,43?,46-,47+,48+,49+/m0/s1. The Hall–Kier alpha value is -3.07. The Morgan fingerprint density at radius 1 is 0.895 bits per heavy atom. The lowest BCUT2D eigenvalue weighted by Crippen LogP contribution is -2.66. The van der Waals surface area contributed by atoms with E-state index in [9.17, 15) is 23.1 Å².